The largest absolute Gasteiger partial charge is 0.403 e. The van der Waals surface area contributed by atoms with E-state index >= 15 is 0 Å². The maximum atomic E-state index is 14.4. The number of hydrogen-bond donors (Lipinski definition) is 3. The summed E-state index contributed by atoms with van der Waals surface area (Å²) in [5.74, 6) is -2.98. The number of alkyl halides is 2. The molecule has 0 bridgehead atoms. The first kappa shape index (κ1) is 19.5. The van der Waals surface area contributed by atoms with Crippen molar-refractivity contribution in [2.75, 3.05) is 26.7 Å². The first-order valence-corrected chi connectivity index (χ1v) is 8.98. The Morgan fingerprint density at radius 1 is 1.44 bits per heavy atom. The SMILES string of the molecule is CN1CC(CN=C/C(=C\N)NC(=O)c2n[nH]c3c2CC(F)(F)C(C)(C)C3)C1. The number of rotatable bonds is 5. The summed E-state index contributed by atoms with van der Waals surface area (Å²) in [6, 6.07) is 0. The first-order chi connectivity index (χ1) is 12.6. The maximum Gasteiger partial charge on any atom is 0.276 e. The molecule has 148 valence electrons. The molecule has 0 aromatic carbocycles. The van der Waals surface area contributed by atoms with E-state index in [0.29, 0.717) is 23.9 Å². The second kappa shape index (κ2) is 7.03. The Morgan fingerprint density at radius 2 is 2.15 bits per heavy atom. The molecule has 2 heterocycles. The van der Waals surface area contributed by atoms with Gasteiger partial charge in [0.1, 0.15) is 0 Å². The number of hydrogen-bond acceptors (Lipinski definition) is 5. The summed E-state index contributed by atoms with van der Waals surface area (Å²) in [5.41, 5.74) is 5.50. The normalized spacial score (nSPS) is 22.5. The summed E-state index contributed by atoms with van der Waals surface area (Å²) >= 11 is 0. The third-order valence-electron chi connectivity index (χ3n) is 5.35. The summed E-state index contributed by atoms with van der Waals surface area (Å²) in [5, 5.41) is 9.30. The van der Waals surface area contributed by atoms with Gasteiger partial charge in [0.25, 0.3) is 11.8 Å². The Kier molecular flexibility index (Phi) is 5.07. The number of aromatic nitrogens is 2. The zero-order valence-electron chi connectivity index (χ0n) is 15.9. The molecule has 1 aliphatic heterocycles. The van der Waals surface area contributed by atoms with Crippen LogP contribution in [0.3, 0.4) is 0 Å². The van der Waals surface area contributed by atoms with Crippen LogP contribution in [-0.2, 0) is 12.8 Å². The predicted molar refractivity (Wildman–Crippen MR) is 98.8 cm³/mol. The smallest absolute Gasteiger partial charge is 0.276 e. The lowest BCUT2D eigenvalue weighted by atomic mass is 9.73. The molecule has 1 saturated heterocycles. The summed E-state index contributed by atoms with van der Waals surface area (Å²) in [6.45, 7) is 5.67. The fourth-order valence-electron chi connectivity index (χ4n) is 3.51. The Hall–Kier alpha value is -2.29. The highest BCUT2D eigenvalue weighted by Gasteiger charge is 2.51. The maximum absolute atomic E-state index is 14.4. The monoisotopic (exact) mass is 380 g/mol. The van der Waals surface area contributed by atoms with Gasteiger partial charge in [-0.05, 0) is 7.05 Å². The molecule has 2 aliphatic rings. The molecule has 1 aromatic heterocycles. The van der Waals surface area contributed by atoms with E-state index in [1.165, 1.54) is 26.3 Å². The van der Waals surface area contributed by atoms with Crippen molar-refractivity contribution in [3.63, 3.8) is 0 Å². The van der Waals surface area contributed by atoms with Crippen molar-refractivity contribution in [3.8, 4) is 0 Å². The van der Waals surface area contributed by atoms with Crippen molar-refractivity contribution in [1.29, 1.82) is 0 Å². The van der Waals surface area contributed by atoms with Gasteiger partial charge in [0.2, 0.25) is 0 Å². The number of H-pyrrole nitrogens is 1. The standard InChI is InChI=1S/C18H26F2N6O/c1-17(2)5-14-13(4-18(17,19)20)15(25-24-14)16(27)23-12(6-21)8-22-7-11-9-26(3)10-11/h6,8,11H,4-5,7,9-10,21H2,1-3H3,(H,23,27)(H,24,25)/b12-6+,22-8?. The zero-order valence-corrected chi connectivity index (χ0v) is 15.9. The number of nitrogens with two attached hydrogens (primary N) is 1. The molecule has 1 amide bonds. The summed E-state index contributed by atoms with van der Waals surface area (Å²) < 4.78 is 28.8. The average Bonchev–Trinajstić information content (AvgIpc) is 2.93. The molecule has 3 rings (SSSR count). The van der Waals surface area contributed by atoms with Crippen LogP contribution in [0.25, 0.3) is 0 Å². The molecule has 1 aliphatic carbocycles. The van der Waals surface area contributed by atoms with Gasteiger partial charge < -0.3 is 16.0 Å². The molecular formula is C18H26F2N6O. The molecule has 7 nitrogen and oxygen atoms in total. The third-order valence-corrected chi connectivity index (χ3v) is 5.35. The molecule has 1 aromatic rings. The van der Waals surface area contributed by atoms with Crippen LogP contribution in [-0.4, -0.2) is 59.8 Å². The number of nitrogens with one attached hydrogen (secondary N) is 2. The number of carbonyl (C=O) groups is 1. The van der Waals surface area contributed by atoms with Crippen LogP contribution in [0.2, 0.25) is 0 Å². The fraction of sp³-hybridized carbons (Fsp3) is 0.611. The minimum atomic E-state index is -2.91. The molecule has 0 unspecified atom stereocenters. The number of amides is 1. The molecule has 0 atom stereocenters. The van der Waals surface area contributed by atoms with E-state index in [1.54, 1.807) is 0 Å². The van der Waals surface area contributed by atoms with E-state index < -0.39 is 23.7 Å². The molecule has 4 N–H and O–H groups in total. The number of fused-ring (bicyclic) bond motifs is 1. The van der Waals surface area contributed by atoms with Crippen molar-refractivity contribution < 1.29 is 13.6 Å². The van der Waals surface area contributed by atoms with Gasteiger partial charge in [-0.1, -0.05) is 13.8 Å². The van der Waals surface area contributed by atoms with E-state index in [1.807, 2.05) is 7.05 Å². The minimum Gasteiger partial charge on any atom is -0.403 e. The summed E-state index contributed by atoms with van der Waals surface area (Å²) in [7, 11) is 2.04. The molecule has 27 heavy (non-hydrogen) atoms. The number of halogens is 2. The van der Waals surface area contributed by atoms with E-state index in [2.05, 4.69) is 25.4 Å². The van der Waals surface area contributed by atoms with Gasteiger partial charge in [-0.15, -0.1) is 0 Å². The highest BCUT2D eigenvalue weighted by molar-refractivity contribution is 5.98. The minimum absolute atomic E-state index is 0.0199. The quantitative estimate of drug-likeness (QED) is 0.671. The van der Waals surface area contributed by atoms with Gasteiger partial charge in [-0.3, -0.25) is 14.9 Å². The topological polar surface area (TPSA) is 99.4 Å². The van der Waals surface area contributed by atoms with Gasteiger partial charge in [-0.2, -0.15) is 5.10 Å². The fourth-order valence-corrected chi connectivity index (χ4v) is 3.51. The van der Waals surface area contributed by atoms with Crippen molar-refractivity contribution in [1.82, 2.24) is 20.4 Å². The lowest BCUT2D eigenvalue weighted by molar-refractivity contribution is -0.111. The molecule has 9 heteroatoms. The van der Waals surface area contributed by atoms with Crippen LogP contribution in [0.15, 0.2) is 16.9 Å². The number of allylic oxidation sites excluding steroid dienone is 1. The van der Waals surface area contributed by atoms with Gasteiger partial charge in [0.15, 0.2) is 5.69 Å². The van der Waals surface area contributed by atoms with Crippen molar-refractivity contribution in [2.45, 2.75) is 32.6 Å². The highest BCUT2D eigenvalue weighted by atomic mass is 19.3. The number of carbonyl (C=O) groups excluding carboxylic acids is 1. The highest BCUT2D eigenvalue weighted by Crippen LogP contribution is 2.46. The number of aromatic amines is 1. The molecule has 0 spiro atoms. The van der Waals surface area contributed by atoms with Gasteiger partial charge >= 0.3 is 0 Å². The van der Waals surface area contributed by atoms with Crippen LogP contribution in [0.1, 0.15) is 35.6 Å². The van der Waals surface area contributed by atoms with Crippen molar-refractivity contribution in [3.05, 3.63) is 28.8 Å². The average molecular weight is 380 g/mol. The van der Waals surface area contributed by atoms with E-state index in [4.69, 9.17) is 5.73 Å². The van der Waals surface area contributed by atoms with Crippen molar-refractivity contribution in [2.24, 2.45) is 22.1 Å². The summed E-state index contributed by atoms with van der Waals surface area (Å²) in [4.78, 5) is 19.0. The van der Waals surface area contributed by atoms with Crippen LogP contribution < -0.4 is 11.1 Å². The molecule has 1 fully saturated rings. The third kappa shape index (κ3) is 3.87. The van der Waals surface area contributed by atoms with Crippen molar-refractivity contribution >= 4 is 12.1 Å². The van der Waals surface area contributed by atoms with Crippen LogP contribution >= 0.6 is 0 Å². The lowest BCUT2D eigenvalue weighted by Crippen LogP contribution is -2.45. The van der Waals surface area contributed by atoms with E-state index in [-0.39, 0.29) is 17.7 Å². The zero-order chi connectivity index (χ0) is 19.8. The lowest BCUT2D eigenvalue weighted by Gasteiger charge is -2.37. The number of nitrogens with zero attached hydrogens (tertiary/aromatic N) is 3. The Morgan fingerprint density at radius 3 is 2.78 bits per heavy atom. The van der Waals surface area contributed by atoms with Gasteiger partial charge in [0, 0.05) is 67.5 Å². The molecular weight excluding hydrogens is 354 g/mol. The predicted octanol–water partition coefficient (Wildman–Crippen LogP) is 1.33. The van der Waals surface area contributed by atoms with Crippen LogP contribution in [0.5, 0.6) is 0 Å². The van der Waals surface area contributed by atoms with E-state index in [0.717, 1.165) is 13.1 Å². The molecule has 0 radical (unpaired) electrons. The van der Waals surface area contributed by atoms with Gasteiger partial charge in [0.05, 0.1) is 5.70 Å². The Bertz CT molecular complexity index is 777. The molecule has 0 saturated carbocycles. The Labute approximate surface area is 157 Å². The Balaban J connectivity index is 1.66. The van der Waals surface area contributed by atoms with E-state index in [9.17, 15) is 13.6 Å². The van der Waals surface area contributed by atoms with Crippen LogP contribution in [0, 0.1) is 11.3 Å². The summed E-state index contributed by atoms with van der Waals surface area (Å²) in [6.07, 6.45) is 2.34. The van der Waals surface area contributed by atoms with Gasteiger partial charge in [-0.25, -0.2) is 8.78 Å². The second-order valence-electron chi connectivity index (χ2n) is 8.13. The number of likely N-dealkylation sites (tertiary alicyclic amines) is 1. The number of aliphatic imine (C=N–C) groups is 1. The second-order valence-corrected chi connectivity index (χ2v) is 8.13. The van der Waals surface area contributed by atoms with Crippen LogP contribution in [0.4, 0.5) is 8.78 Å². The first-order valence-electron chi connectivity index (χ1n) is 8.98.